The Balaban J connectivity index is 1.84. The highest BCUT2D eigenvalue weighted by molar-refractivity contribution is 5.82. The molecule has 0 saturated heterocycles. The standard InChI is InChI=1S/C14H19NO2/c1-10(2)7-8-15-14(16)13-9-11-5-3-4-6-12(11)17-13/h3-6,10,13H,7-9H2,1-2H3,(H,15,16)/t13-/m1/s1. The molecule has 1 aromatic carbocycles. The maximum atomic E-state index is 11.9. The molecule has 3 heteroatoms. The Morgan fingerprint density at radius 1 is 1.47 bits per heavy atom. The molecular formula is C14H19NO2. The van der Waals surface area contributed by atoms with E-state index in [2.05, 4.69) is 19.2 Å². The first-order chi connectivity index (χ1) is 8.16. The normalized spacial score (nSPS) is 17.7. The summed E-state index contributed by atoms with van der Waals surface area (Å²) in [5.41, 5.74) is 1.12. The first kappa shape index (κ1) is 12.0. The Bertz CT molecular complexity index is 376. The molecule has 0 aromatic heterocycles. The molecule has 1 aliphatic heterocycles. The number of carbonyl (C=O) groups is 1. The summed E-state index contributed by atoms with van der Waals surface area (Å²) in [5, 5.41) is 2.93. The number of hydrogen-bond donors (Lipinski definition) is 1. The van der Waals surface area contributed by atoms with Gasteiger partial charge in [-0.25, -0.2) is 0 Å². The third kappa shape index (κ3) is 2.99. The molecule has 2 rings (SSSR count). The molecule has 0 unspecified atom stereocenters. The number of rotatable bonds is 4. The maximum Gasteiger partial charge on any atom is 0.261 e. The van der Waals surface area contributed by atoms with Crippen LogP contribution in [0, 0.1) is 5.92 Å². The Labute approximate surface area is 102 Å². The highest BCUT2D eigenvalue weighted by Crippen LogP contribution is 2.27. The van der Waals surface area contributed by atoms with E-state index in [1.807, 2.05) is 24.3 Å². The molecule has 0 fully saturated rings. The maximum absolute atomic E-state index is 11.9. The van der Waals surface area contributed by atoms with E-state index in [9.17, 15) is 4.79 Å². The summed E-state index contributed by atoms with van der Waals surface area (Å²) in [7, 11) is 0. The second kappa shape index (κ2) is 5.21. The minimum atomic E-state index is -0.348. The van der Waals surface area contributed by atoms with Gasteiger partial charge >= 0.3 is 0 Å². The summed E-state index contributed by atoms with van der Waals surface area (Å²) >= 11 is 0. The van der Waals surface area contributed by atoms with Crippen LogP contribution in [0.2, 0.25) is 0 Å². The van der Waals surface area contributed by atoms with Crippen LogP contribution < -0.4 is 10.1 Å². The van der Waals surface area contributed by atoms with Crippen LogP contribution in [0.3, 0.4) is 0 Å². The minimum Gasteiger partial charge on any atom is -0.480 e. The van der Waals surface area contributed by atoms with Gasteiger partial charge in [0.05, 0.1) is 0 Å². The first-order valence-corrected chi connectivity index (χ1v) is 6.19. The smallest absolute Gasteiger partial charge is 0.261 e. The lowest BCUT2D eigenvalue weighted by molar-refractivity contribution is -0.127. The molecule has 0 radical (unpaired) electrons. The number of fused-ring (bicyclic) bond motifs is 1. The second-order valence-electron chi connectivity index (χ2n) is 4.89. The number of ether oxygens (including phenoxy) is 1. The first-order valence-electron chi connectivity index (χ1n) is 6.19. The van der Waals surface area contributed by atoms with Crippen LogP contribution in [0.15, 0.2) is 24.3 Å². The fourth-order valence-corrected chi connectivity index (χ4v) is 1.93. The van der Waals surface area contributed by atoms with E-state index < -0.39 is 0 Å². The summed E-state index contributed by atoms with van der Waals surface area (Å²) < 4.78 is 5.61. The number of benzene rings is 1. The van der Waals surface area contributed by atoms with E-state index in [0.29, 0.717) is 12.3 Å². The van der Waals surface area contributed by atoms with E-state index in [0.717, 1.165) is 24.3 Å². The van der Waals surface area contributed by atoms with Crippen molar-refractivity contribution in [3.63, 3.8) is 0 Å². The number of carbonyl (C=O) groups excluding carboxylic acids is 1. The van der Waals surface area contributed by atoms with Gasteiger partial charge in [-0.05, 0) is 24.0 Å². The molecule has 1 atom stereocenters. The fourth-order valence-electron chi connectivity index (χ4n) is 1.93. The molecule has 92 valence electrons. The van der Waals surface area contributed by atoms with Gasteiger partial charge in [-0.2, -0.15) is 0 Å². The predicted molar refractivity (Wildman–Crippen MR) is 67.0 cm³/mol. The van der Waals surface area contributed by atoms with Gasteiger partial charge in [-0.15, -0.1) is 0 Å². The Kier molecular flexibility index (Phi) is 3.67. The molecule has 1 heterocycles. The van der Waals surface area contributed by atoms with Crippen LogP contribution in [-0.2, 0) is 11.2 Å². The van der Waals surface area contributed by atoms with E-state index in [4.69, 9.17) is 4.74 Å². The minimum absolute atomic E-state index is 0.00171. The van der Waals surface area contributed by atoms with Crippen LogP contribution in [0.4, 0.5) is 0 Å². The Morgan fingerprint density at radius 3 is 2.94 bits per heavy atom. The zero-order valence-corrected chi connectivity index (χ0v) is 10.4. The van der Waals surface area contributed by atoms with E-state index in [1.165, 1.54) is 0 Å². The average Bonchev–Trinajstić information content (AvgIpc) is 2.71. The number of nitrogens with one attached hydrogen (secondary N) is 1. The van der Waals surface area contributed by atoms with Crippen molar-refractivity contribution >= 4 is 5.91 Å². The van der Waals surface area contributed by atoms with Crippen molar-refractivity contribution in [3.8, 4) is 5.75 Å². The third-order valence-corrected chi connectivity index (χ3v) is 2.96. The van der Waals surface area contributed by atoms with Gasteiger partial charge < -0.3 is 10.1 Å². The van der Waals surface area contributed by atoms with Crippen LogP contribution >= 0.6 is 0 Å². The zero-order chi connectivity index (χ0) is 12.3. The van der Waals surface area contributed by atoms with Crippen molar-refractivity contribution in [2.24, 2.45) is 5.92 Å². The molecular weight excluding hydrogens is 214 g/mol. The van der Waals surface area contributed by atoms with Crippen LogP contribution in [0.25, 0.3) is 0 Å². The molecule has 17 heavy (non-hydrogen) atoms. The molecule has 0 spiro atoms. The summed E-state index contributed by atoms with van der Waals surface area (Å²) in [6.45, 7) is 5.02. The number of hydrogen-bond acceptors (Lipinski definition) is 2. The predicted octanol–water partition coefficient (Wildman–Crippen LogP) is 2.15. The highest BCUT2D eigenvalue weighted by atomic mass is 16.5. The lowest BCUT2D eigenvalue weighted by Crippen LogP contribution is -2.38. The number of amides is 1. The van der Waals surface area contributed by atoms with Gasteiger partial charge in [0.15, 0.2) is 6.10 Å². The van der Waals surface area contributed by atoms with Gasteiger partial charge in [-0.3, -0.25) is 4.79 Å². The van der Waals surface area contributed by atoms with Crippen molar-refractivity contribution < 1.29 is 9.53 Å². The van der Waals surface area contributed by atoms with Gasteiger partial charge in [0.2, 0.25) is 0 Å². The van der Waals surface area contributed by atoms with E-state index in [-0.39, 0.29) is 12.0 Å². The largest absolute Gasteiger partial charge is 0.480 e. The van der Waals surface area contributed by atoms with Gasteiger partial charge in [0.1, 0.15) is 5.75 Å². The molecule has 1 aliphatic rings. The highest BCUT2D eigenvalue weighted by Gasteiger charge is 2.28. The van der Waals surface area contributed by atoms with Gasteiger partial charge in [-0.1, -0.05) is 32.0 Å². The molecule has 1 aromatic rings. The number of para-hydroxylation sites is 1. The summed E-state index contributed by atoms with van der Waals surface area (Å²) in [4.78, 5) is 11.9. The van der Waals surface area contributed by atoms with Crippen LogP contribution in [0.5, 0.6) is 5.75 Å². The summed E-state index contributed by atoms with van der Waals surface area (Å²) in [6.07, 6.45) is 1.34. The lowest BCUT2D eigenvalue weighted by atomic mass is 10.1. The SMILES string of the molecule is CC(C)CCNC(=O)[C@H]1Cc2ccccc2O1. The van der Waals surface area contributed by atoms with Crippen molar-refractivity contribution in [1.82, 2.24) is 5.32 Å². The fraction of sp³-hybridized carbons (Fsp3) is 0.500. The second-order valence-corrected chi connectivity index (χ2v) is 4.89. The molecule has 0 saturated carbocycles. The molecule has 0 aliphatic carbocycles. The van der Waals surface area contributed by atoms with Gasteiger partial charge in [0, 0.05) is 13.0 Å². The topological polar surface area (TPSA) is 38.3 Å². The summed E-state index contributed by atoms with van der Waals surface area (Å²) in [6, 6.07) is 7.83. The quantitative estimate of drug-likeness (QED) is 0.865. The van der Waals surface area contributed by atoms with Crippen LogP contribution in [0.1, 0.15) is 25.8 Å². The summed E-state index contributed by atoms with van der Waals surface area (Å²) in [5.74, 6) is 1.45. The molecule has 1 amide bonds. The van der Waals surface area contributed by atoms with Crippen molar-refractivity contribution in [3.05, 3.63) is 29.8 Å². The molecule has 0 bridgehead atoms. The average molecular weight is 233 g/mol. The lowest BCUT2D eigenvalue weighted by Gasteiger charge is -2.12. The zero-order valence-electron chi connectivity index (χ0n) is 10.4. The third-order valence-electron chi connectivity index (χ3n) is 2.96. The molecule has 1 N–H and O–H groups in total. The monoisotopic (exact) mass is 233 g/mol. The van der Waals surface area contributed by atoms with E-state index >= 15 is 0 Å². The van der Waals surface area contributed by atoms with E-state index in [1.54, 1.807) is 0 Å². The Morgan fingerprint density at radius 2 is 2.24 bits per heavy atom. The van der Waals surface area contributed by atoms with Crippen molar-refractivity contribution in [2.45, 2.75) is 32.8 Å². The van der Waals surface area contributed by atoms with Crippen molar-refractivity contribution in [1.29, 1.82) is 0 Å². The van der Waals surface area contributed by atoms with Gasteiger partial charge in [0.25, 0.3) is 5.91 Å². The Hall–Kier alpha value is -1.51. The van der Waals surface area contributed by atoms with Crippen LogP contribution in [-0.4, -0.2) is 18.6 Å². The van der Waals surface area contributed by atoms with Crippen molar-refractivity contribution in [2.75, 3.05) is 6.54 Å². The molecule has 3 nitrogen and oxygen atoms in total.